The smallest absolute Gasteiger partial charge is 0.347 e. The van der Waals surface area contributed by atoms with Crippen LogP contribution < -0.4 is 9.64 Å². The zero-order valence-electron chi connectivity index (χ0n) is 17.5. The highest BCUT2D eigenvalue weighted by molar-refractivity contribution is 6.31. The molecule has 2 aromatic rings. The number of ether oxygens (including phenoxy) is 1. The Bertz CT molecular complexity index is 1060. The number of carboxylic acid groups (broad SMARTS) is 1. The van der Waals surface area contributed by atoms with Crippen LogP contribution in [0.3, 0.4) is 0 Å². The maximum atomic E-state index is 13.4. The number of carbonyl (C=O) groups is 3. The molecule has 1 fully saturated rings. The van der Waals surface area contributed by atoms with E-state index in [2.05, 4.69) is 0 Å². The van der Waals surface area contributed by atoms with Gasteiger partial charge in [-0.05, 0) is 62.6 Å². The fourth-order valence-electron chi connectivity index (χ4n) is 3.32. The van der Waals surface area contributed by atoms with Gasteiger partial charge in [0.15, 0.2) is 5.60 Å². The summed E-state index contributed by atoms with van der Waals surface area (Å²) >= 11 is 5.80. The maximum absolute atomic E-state index is 13.4. The van der Waals surface area contributed by atoms with Crippen LogP contribution >= 0.6 is 11.6 Å². The molecule has 1 heterocycles. The van der Waals surface area contributed by atoms with Gasteiger partial charge in [0.1, 0.15) is 18.1 Å². The molecule has 3 amide bonds. The summed E-state index contributed by atoms with van der Waals surface area (Å²) in [6.45, 7) is 6.31. The zero-order valence-corrected chi connectivity index (χ0v) is 18.3. The number of halogens is 2. The van der Waals surface area contributed by atoms with Gasteiger partial charge in [0, 0.05) is 5.69 Å². The third-order valence-corrected chi connectivity index (χ3v) is 5.29. The van der Waals surface area contributed by atoms with Crippen molar-refractivity contribution >= 4 is 35.2 Å². The van der Waals surface area contributed by atoms with Crippen molar-refractivity contribution in [3.05, 3.63) is 57.9 Å². The molecule has 3 rings (SSSR count). The lowest BCUT2D eigenvalue weighted by molar-refractivity contribution is -0.152. The molecule has 0 spiro atoms. The molecule has 1 N–H and O–H groups in total. The number of urea groups is 1. The summed E-state index contributed by atoms with van der Waals surface area (Å²) in [5.74, 6) is -1.66. The first kappa shape index (κ1) is 22.6. The number of aliphatic carboxylic acids is 1. The van der Waals surface area contributed by atoms with Crippen LogP contribution in [-0.4, -0.2) is 40.1 Å². The molecule has 1 aliphatic heterocycles. The molecule has 1 aliphatic rings. The summed E-state index contributed by atoms with van der Waals surface area (Å²) in [5, 5.41) is 9.16. The van der Waals surface area contributed by atoms with E-state index in [-0.39, 0.29) is 18.1 Å². The van der Waals surface area contributed by atoms with Gasteiger partial charge in [-0.15, -0.1) is 0 Å². The van der Waals surface area contributed by atoms with Gasteiger partial charge in [0.25, 0.3) is 5.91 Å². The van der Waals surface area contributed by atoms with Gasteiger partial charge >= 0.3 is 12.0 Å². The number of nitrogens with zero attached hydrogens (tertiary/aromatic N) is 2. The highest BCUT2D eigenvalue weighted by Crippen LogP contribution is 2.31. The number of hydrogen-bond donors (Lipinski definition) is 1. The highest BCUT2D eigenvalue weighted by atomic mass is 35.5. The van der Waals surface area contributed by atoms with Crippen molar-refractivity contribution in [2.75, 3.05) is 11.4 Å². The Morgan fingerprint density at radius 1 is 1.19 bits per heavy atom. The number of carbonyl (C=O) groups excluding carboxylic acids is 2. The fourth-order valence-corrected chi connectivity index (χ4v) is 3.50. The van der Waals surface area contributed by atoms with Crippen molar-refractivity contribution in [1.82, 2.24) is 4.90 Å². The Morgan fingerprint density at radius 3 is 2.35 bits per heavy atom. The van der Waals surface area contributed by atoms with Gasteiger partial charge < -0.3 is 9.84 Å². The standard InChI is InChI=1S/C22H22ClFN2O5/c1-12-7-14(8-13(2)19(12)31-22(3,4)20(28)29)10-26-18(27)11-25(21(26)30)15-5-6-17(24)16(23)9-15/h5-9H,10-11H2,1-4H3,(H,28,29). The van der Waals surface area contributed by atoms with Crippen LogP contribution in [-0.2, 0) is 16.1 Å². The van der Waals surface area contributed by atoms with Crippen LogP contribution in [0, 0.1) is 19.7 Å². The summed E-state index contributed by atoms with van der Waals surface area (Å²) in [4.78, 5) is 39.0. The third kappa shape index (κ3) is 4.49. The number of amides is 3. The summed E-state index contributed by atoms with van der Waals surface area (Å²) in [6.07, 6.45) is 0. The number of aryl methyl sites for hydroxylation is 2. The molecule has 0 radical (unpaired) electrons. The second-order valence-electron chi connectivity index (χ2n) is 7.92. The van der Waals surface area contributed by atoms with Gasteiger partial charge in [-0.1, -0.05) is 23.7 Å². The average Bonchev–Trinajstić information content (AvgIpc) is 2.95. The quantitative estimate of drug-likeness (QED) is 0.665. The SMILES string of the molecule is Cc1cc(CN2C(=O)CN(c3ccc(F)c(Cl)c3)C2=O)cc(C)c1OC(C)(C)C(=O)O. The molecule has 0 unspecified atom stereocenters. The maximum Gasteiger partial charge on any atom is 0.347 e. The van der Waals surface area contributed by atoms with Crippen molar-refractivity contribution < 1.29 is 28.6 Å². The average molecular weight is 449 g/mol. The monoisotopic (exact) mass is 448 g/mol. The van der Waals surface area contributed by atoms with Gasteiger partial charge in [-0.3, -0.25) is 14.6 Å². The number of hydrogen-bond acceptors (Lipinski definition) is 4. The molecule has 0 bridgehead atoms. The fraction of sp³-hybridized carbons (Fsp3) is 0.318. The predicted octanol–water partition coefficient (Wildman–Crippen LogP) is 4.31. The molecular weight excluding hydrogens is 427 g/mol. The molecule has 7 nitrogen and oxygen atoms in total. The number of benzene rings is 2. The van der Waals surface area contributed by atoms with Gasteiger partial charge in [0.05, 0.1) is 11.6 Å². The van der Waals surface area contributed by atoms with E-state index < -0.39 is 29.3 Å². The lowest BCUT2D eigenvalue weighted by Gasteiger charge is -2.25. The van der Waals surface area contributed by atoms with Crippen LogP contribution in [0.1, 0.15) is 30.5 Å². The molecule has 0 aliphatic carbocycles. The summed E-state index contributed by atoms with van der Waals surface area (Å²) in [7, 11) is 0. The lowest BCUT2D eigenvalue weighted by atomic mass is 10.0. The second kappa shape index (κ2) is 8.19. The van der Waals surface area contributed by atoms with Crippen molar-refractivity contribution in [3.8, 4) is 5.75 Å². The first-order chi connectivity index (χ1) is 14.4. The summed E-state index contributed by atoms with van der Waals surface area (Å²) in [5.41, 5.74) is 0.987. The van der Waals surface area contributed by atoms with E-state index in [0.717, 1.165) is 11.0 Å². The van der Waals surface area contributed by atoms with E-state index in [9.17, 15) is 23.9 Å². The van der Waals surface area contributed by atoms with Gasteiger partial charge in [0.2, 0.25) is 0 Å². The third-order valence-electron chi connectivity index (χ3n) is 5.00. The van der Waals surface area contributed by atoms with Gasteiger partial charge in [-0.2, -0.15) is 0 Å². The Hall–Kier alpha value is -3.13. The minimum Gasteiger partial charge on any atom is -0.478 e. The predicted molar refractivity (Wildman–Crippen MR) is 113 cm³/mol. The van der Waals surface area contributed by atoms with Crippen LogP contribution in [0.2, 0.25) is 5.02 Å². The summed E-state index contributed by atoms with van der Waals surface area (Å²) in [6, 6.07) is 6.80. The lowest BCUT2D eigenvalue weighted by Crippen LogP contribution is -2.38. The Kier molecular flexibility index (Phi) is 5.96. The number of imide groups is 1. The molecule has 1 saturated heterocycles. The van der Waals surface area contributed by atoms with Crippen LogP contribution in [0.4, 0.5) is 14.9 Å². The van der Waals surface area contributed by atoms with E-state index in [0.29, 0.717) is 28.1 Å². The van der Waals surface area contributed by atoms with Gasteiger partial charge in [-0.25, -0.2) is 14.0 Å². The van der Waals surface area contributed by atoms with Crippen molar-refractivity contribution in [3.63, 3.8) is 0 Å². The van der Waals surface area contributed by atoms with E-state index in [1.54, 1.807) is 26.0 Å². The van der Waals surface area contributed by atoms with Crippen LogP contribution in [0.25, 0.3) is 0 Å². The van der Waals surface area contributed by atoms with Crippen LogP contribution in [0.5, 0.6) is 5.75 Å². The van der Waals surface area contributed by atoms with E-state index >= 15 is 0 Å². The molecule has 31 heavy (non-hydrogen) atoms. The first-order valence-electron chi connectivity index (χ1n) is 9.50. The van der Waals surface area contributed by atoms with E-state index in [1.165, 1.54) is 30.9 Å². The topological polar surface area (TPSA) is 87.2 Å². The summed E-state index contributed by atoms with van der Waals surface area (Å²) < 4.78 is 19.1. The Morgan fingerprint density at radius 2 is 1.81 bits per heavy atom. The molecule has 0 saturated carbocycles. The molecule has 2 aromatic carbocycles. The number of rotatable bonds is 6. The van der Waals surface area contributed by atoms with Crippen molar-refractivity contribution in [2.45, 2.75) is 39.8 Å². The largest absolute Gasteiger partial charge is 0.478 e. The highest BCUT2D eigenvalue weighted by Gasteiger charge is 2.37. The number of anilines is 1. The first-order valence-corrected chi connectivity index (χ1v) is 9.88. The molecular formula is C22H22ClFN2O5. The normalized spacial score (nSPS) is 14.4. The van der Waals surface area contributed by atoms with Crippen LogP contribution in [0.15, 0.2) is 30.3 Å². The Labute approximate surface area is 184 Å². The van der Waals surface area contributed by atoms with Crippen molar-refractivity contribution in [1.29, 1.82) is 0 Å². The van der Waals surface area contributed by atoms with Crippen molar-refractivity contribution in [2.24, 2.45) is 0 Å². The Balaban J connectivity index is 1.82. The molecule has 0 aromatic heterocycles. The molecule has 164 valence electrons. The van der Waals surface area contributed by atoms with E-state index in [1.807, 2.05) is 0 Å². The zero-order chi connectivity index (χ0) is 23.1. The molecule has 0 atom stereocenters. The minimum atomic E-state index is -1.41. The molecule has 9 heteroatoms. The minimum absolute atomic E-state index is 0.0351. The van der Waals surface area contributed by atoms with E-state index in [4.69, 9.17) is 16.3 Å². The second-order valence-corrected chi connectivity index (χ2v) is 8.33. The number of carboxylic acids is 1.